The van der Waals surface area contributed by atoms with Gasteiger partial charge in [0.05, 0.1) is 13.2 Å². The van der Waals surface area contributed by atoms with E-state index in [4.69, 9.17) is 15.2 Å². The predicted octanol–water partition coefficient (Wildman–Crippen LogP) is 1.96. The summed E-state index contributed by atoms with van der Waals surface area (Å²) in [6.07, 6.45) is 6.68. The highest BCUT2D eigenvalue weighted by Crippen LogP contribution is 2.37. The lowest BCUT2D eigenvalue weighted by atomic mass is 9.86. The molecule has 0 bridgehead atoms. The lowest BCUT2D eigenvalue weighted by Gasteiger charge is -2.28. The third-order valence-corrected chi connectivity index (χ3v) is 5.51. The molecule has 3 unspecified atom stereocenters. The Morgan fingerprint density at radius 3 is 3.00 bits per heavy atom. The molecule has 2 N–H and O–H groups in total. The summed E-state index contributed by atoms with van der Waals surface area (Å²) >= 11 is 1.92. The molecular formula is C14H25NO3S. The first kappa shape index (κ1) is 15.1. The van der Waals surface area contributed by atoms with Crippen LogP contribution in [0.5, 0.6) is 0 Å². The molecule has 1 saturated carbocycles. The van der Waals surface area contributed by atoms with Gasteiger partial charge >= 0.3 is 5.97 Å². The lowest BCUT2D eigenvalue weighted by Crippen LogP contribution is -2.51. The van der Waals surface area contributed by atoms with Gasteiger partial charge in [-0.25, -0.2) is 0 Å². The number of carbonyl (C=O) groups is 1. The van der Waals surface area contributed by atoms with Crippen LogP contribution in [0.4, 0.5) is 0 Å². The van der Waals surface area contributed by atoms with Gasteiger partial charge in [-0.05, 0) is 43.8 Å². The van der Waals surface area contributed by atoms with Gasteiger partial charge in [-0.1, -0.05) is 6.42 Å². The number of carbonyl (C=O) groups excluding carboxylic acids is 1. The van der Waals surface area contributed by atoms with E-state index in [2.05, 4.69) is 0 Å². The zero-order valence-electron chi connectivity index (χ0n) is 11.7. The van der Waals surface area contributed by atoms with Crippen LogP contribution in [0.2, 0.25) is 0 Å². The minimum absolute atomic E-state index is 0.237. The number of thioether (sulfide) groups is 1. The fourth-order valence-corrected chi connectivity index (χ4v) is 4.32. The fourth-order valence-electron chi connectivity index (χ4n) is 3.18. The maximum atomic E-state index is 11.8. The molecule has 5 heteroatoms. The van der Waals surface area contributed by atoms with Crippen LogP contribution in [0, 0.1) is 5.92 Å². The molecule has 2 rings (SSSR count). The monoisotopic (exact) mass is 287 g/mol. The van der Waals surface area contributed by atoms with E-state index >= 15 is 0 Å². The molecule has 0 spiro atoms. The second-order valence-electron chi connectivity index (χ2n) is 5.62. The molecule has 0 aromatic rings. The molecule has 2 fully saturated rings. The first-order valence-electron chi connectivity index (χ1n) is 7.23. The van der Waals surface area contributed by atoms with Crippen molar-refractivity contribution in [2.24, 2.45) is 11.7 Å². The van der Waals surface area contributed by atoms with Gasteiger partial charge in [0, 0.05) is 12.4 Å². The summed E-state index contributed by atoms with van der Waals surface area (Å²) in [7, 11) is 1.43. The molecule has 110 valence electrons. The highest BCUT2D eigenvalue weighted by atomic mass is 32.2. The molecular weight excluding hydrogens is 262 g/mol. The molecule has 0 aromatic heterocycles. The summed E-state index contributed by atoms with van der Waals surface area (Å²) < 4.78 is 10.5. The molecule has 1 saturated heterocycles. The Morgan fingerprint density at radius 1 is 1.47 bits per heavy atom. The Morgan fingerprint density at radius 2 is 2.32 bits per heavy atom. The van der Waals surface area contributed by atoms with Crippen LogP contribution in [0.1, 0.15) is 38.5 Å². The average Bonchev–Trinajstić information content (AvgIpc) is 3.04. The summed E-state index contributed by atoms with van der Waals surface area (Å²) in [5.74, 6) is 2.17. The molecule has 19 heavy (non-hydrogen) atoms. The quantitative estimate of drug-likeness (QED) is 0.598. The zero-order valence-corrected chi connectivity index (χ0v) is 12.5. The van der Waals surface area contributed by atoms with Crippen LogP contribution in [0.25, 0.3) is 0 Å². The predicted molar refractivity (Wildman–Crippen MR) is 77.2 cm³/mol. The smallest absolute Gasteiger partial charge is 0.326 e. The van der Waals surface area contributed by atoms with Gasteiger partial charge in [0.25, 0.3) is 0 Å². The van der Waals surface area contributed by atoms with Crippen LogP contribution in [0.15, 0.2) is 0 Å². The van der Waals surface area contributed by atoms with E-state index in [1.807, 2.05) is 11.8 Å². The summed E-state index contributed by atoms with van der Waals surface area (Å²) in [5.41, 5.74) is 5.52. The molecule has 2 aliphatic rings. The second-order valence-corrected chi connectivity index (χ2v) is 6.77. The first-order valence-corrected chi connectivity index (χ1v) is 8.39. The minimum Gasteiger partial charge on any atom is -0.468 e. The van der Waals surface area contributed by atoms with E-state index in [-0.39, 0.29) is 11.9 Å². The second kappa shape index (κ2) is 6.95. The third-order valence-electron chi connectivity index (χ3n) is 4.38. The molecule has 1 heterocycles. The number of hydrogen-bond acceptors (Lipinski definition) is 5. The van der Waals surface area contributed by atoms with Crippen molar-refractivity contribution >= 4 is 17.7 Å². The number of nitrogens with two attached hydrogens (primary N) is 1. The molecule has 0 aromatic carbocycles. The minimum atomic E-state index is -0.737. The van der Waals surface area contributed by atoms with Crippen molar-refractivity contribution in [3.8, 4) is 0 Å². The number of methoxy groups -OCH3 is 1. The number of esters is 1. The van der Waals surface area contributed by atoms with E-state index in [1.54, 1.807) is 0 Å². The Kier molecular flexibility index (Phi) is 5.54. The van der Waals surface area contributed by atoms with Gasteiger partial charge in [-0.3, -0.25) is 4.79 Å². The summed E-state index contributed by atoms with van der Waals surface area (Å²) in [4.78, 5) is 11.8. The van der Waals surface area contributed by atoms with E-state index in [0.29, 0.717) is 6.10 Å². The first-order chi connectivity index (χ1) is 9.16. The molecule has 3 atom stereocenters. The topological polar surface area (TPSA) is 61.5 Å². The Labute approximate surface area is 119 Å². The summed E-state index contributed by atoms with van der Waals surface area (Å²) in [6.45, 7) is 0.919. The number of ether oxygens (including phenoxy) is 2. The number of rotatable bonds is 6. The van der Waals surface area contributed by atoms with E-state index in [9.17, 15) is 4.79 Å². The van der Waals surface area contributed by atoms with Crippen molar-refractivity contribution in [1.82, 2.24) is 0 Å². The zero-order chi connectivity index (χ0) is 13.7. The van der Waals surface area contributed by atoms with Gasteiger partial charge in [0.1, 0.15) is 5.54 Å². The maximum absolute atomic E-state index is 11.8. The van der Waals surface area contributed by atoms with Crippen LogP contribution < -0.4 is 5.73 Å². The summed E-state index contributed by atoms with van der Waals surface area (Å²) in [6, 6.07) is 0. The van der Waals surface area contributed by atoms with E-state index < -0.39 is 5.54 Å². The summed E-state index contributed by atoms with van der Waals surface area (Å²) in [5, 5.41) is 0. The molecule has 4 nitrogen and oxygen atoms in total. The molecule has 1 aliphatic carbocycles. The van der Waals surface area contributed by atoms with Crippen molar-refractivity contribution in [2.45, 2.75) is 50.2 Å². The third kappa shape index (κ3) is 3.64. The van der Waals surface area contributed by atoms with Gasteiger partial charge in [0.2, 0.25) is 0 Å². The fraction of sp³-hybridized carbons (Fsp3) is 0.929. The normalized spacial score (nSPS) is 34.6. The molecule has 1 aliphatic heterocycles. The Hall–Kier alpha value is -0.260. The maximum Gasteiger partial charge on any atom is 0.326 e. The van der Waals surface area contributed by atoms with E-state index in [0.717, 1.165) is 43.8 Å². The van der Waals surface area contributed by atoms with Crippen molar-refractivity contribution in [3.05, 3.63) is 0 Å². The van der Waals surface area contributed by atoms with Crippen LogP contribution >= 0.6 is 11.8 Å². The van der Waals surface area contributed by atoms with Crippen LogP contribution in [-0.4, -0.2) is 42.8 Å². The van der Waals surface area contributed by atoms with Crippen molar-refractivity contribution < 1.29 is 14.3 Å². The van der Waals surface area contributed by atoms with Crippen LogP contribution in [-0.2, 0) is 14.3 Å². The van der Waals surface area contributed by atoms with Crippen molar-refractivity contribution in [3.63, 3.8) is 0 Å². The highest BCUT2D eigenvalue weighted by molar-refractivity contribution is 7.99. The number of hydrogen-bond donors (Lipinski definition) is 1. The lowest BCUT2D eigenvalue weighted by molar-refractivity contribution is -0.148. The van der Waals surface area contributed by atoms with Crippen molar-refractivity contribution in [2.75, 3.05) is 25.2 Å². The SMILES string of the molecule is COC(=O)C1(N)CCCC1CCSCC1CCCO1. The highest BCUT2D eigenvalue weighted by Gasteiger charge is 2.46. The Bertz CT molecular complexity index is 307. The average molecular weight is 287 g/mol. The molecule has 0 amide bonds. The van der Waals surface area contributed by atoms with Crippen molar-refractivity contribution in [1.29, 1.82) is 0 Å². The Balaban J connectivity index is 1.70. The van der Waals surface area contributed by atoms with Gasteiger partial charge in [0.15, 0.2) is 0 Å². The van der Waals surface area contributed by atoms with Gasteiger partial charge in [-0.15, -0.1) is 0 Å². The standard InChI is InChI=1S/C14H25NO3S/c1-17-13(16)14(15)7-2-4-11(14)6-9-19-10-12-5-3-8-18-12/h11-12H,2-10,15H2,1H3. The van der Waals surface area contributed by atoms with Gasteiger partial charge < -0.3 is 15.2 Å². The van der Waals surface area contributed by atoms with Gasteiger partial charge in [-0.2, -0.15) is 11.8 Å². The van der Waals surface area contributed by atoms with E-state index in [1.165, 1.54) is 20.0 Å². The molecule has 0 radical (unpaired) electrons. The van der Waals surface area contributed by atoms with Crippen LogP contribution in [0.3, 0.4) is 0 Å². The largest absolute Gasteiger partial charge is 0.468 e.